The van der Waals surface area contributed by atoms with Crippen LogP contribution in [0.4, 0.5) is 0 Å². The first-order valence-corrected chi connectivity index (χ1v) is 36.2. The molecule has 10 N–H and O–H groups in total. The Labute approximate surface area is 512 Å². The summed E-state index contributed by atoms with van der Waals surface area (Å²) in [7, 11) is -22.2. The van der Waals surface area contributed by atoms with Gasteiger partial charge >= 0.3 is 5.97 Å². The summed E-state index contributed by atoms with van der Waals surface area (Å²) < 4.78 is 162. The van der Waals surface area contributed by atoms with Gasteiger partial charge in [0.15, 0.2) is 0 Å². The van der Waals surface area contributed by atoms with Crippen LogP contribution < -0.4 is 21.3 Å². The molecule has 0 bridgehead atoms. The molecule has 6 aliphatic rings. The summed E-state index contributed by atoms with van der Waals surface area (Å²) in [4.78, 5) is 78.0. The maximum Gasteiger partial charge on any atom is 0.303 e. The van der Waals surface area contributed by atoms with Crippen LogP contribution in [0.2, 0.25) is 0 Å². The average molecular weight is 1330 g/mol. The van der Waals surface area contributed by atoms with E-state index in [9.17, 15) is 93.9 Å². The van der Waals surface area contributed by atoms with E-state index in [-0.39, 0.29) is 55.3 Å². The number of rotatable bonds is 30. The van der Waals surface area contributed by atoms with Crippen LogP contribution in [-0.4, -0.2) is 201 Å². The highest BCUT2D eigenvalue weighted by atomic mass is 32.2. The zero-order valence-electron chi connectivity index (χ0n) is 48.9. The summed E-state index contributed by atoms with van der Waals surface area (Å²) in [6.07, 6.45) is 18.7. The Hall–Kier alpha value is -6.24. The van der Waals surface area contributed by atoms with Gasteiger partial charge in [-0.2, -0.15) is 42.1 Å². The third-order valence-electron chi connectivity index (χ3n) is 16.0. The van der Waals surface area contributed by atoms with Gasteiger partial charge in [0.2, 0.25) is 5.91 Å². The summed E-state index contributed by atoms with van der Waals surface area (Å²) in [6.45, 7) is 6.75. The number of carbonyl (C=O) groups excluding carboxylic acids is 4. The van der Waals surface area contributed by atoms with Crippen LogP contribution >= 0.6 is 0 Å². The fraction of sp³-hybridized carbons (Fsp3) is 0.574. The molecule has 34 heteroatoms. The molecule has 0 radical (unpaired) electrons. The van der Waals surface area contributed by atoms with Gasteiger partial charge in [-0.3, -0.25) is 51.7 Å². The van der Waals surface area contributed by atoms with Crippen LogP contribution in [0.3, 0.4) is 0 Å². The number of allylic oxidation sites excluding steroid dienone is 8. The van der Waals surface area contributed by atoms with Crippen molar-refractivity contribution in [1.82, 2.24) is 31.1 Å². The van der Waals surface area contributed by atoms with E-state index in [4.69, 9.17) is 0 Å². The molecule has 4 aliphatic heterocycles. The lowest BCUT2D eigenvalue weighted by Gasteiger charge is -2.35. The SMILES string of the molecule is CC1(C)C(=CC=CC2N(CCCS(=O)(=O)O)C3=C(CC(C4=CC(C(=O)NCCS(=O)(=O)O)=NC(C(=O)NCCS(=O)(=O)O)C4)C=C3)C2(C)C)N(CCCCCC(=O)O)C2=C1CC(C1C=C(C(=O)NCCS(=O)(=O)O)N=C(C(=O)NCCS(=O)(=O)O)C1)C=C2. The van der Waals surface area contributed by atoms with Crippen molar-refractivity contribution in [3.63, 3.8) is 0 Å². The number of nitrogens with zero attached hydrogens (tertiary/aromatic N) is 4. The lowest BCUT2D eigenvalue weighted by atomic mass is 9.72. The number of aliphatic imine (C=N–C) groups is 2. The number of carboxylic acids is 1. The van der Waals surface area contributed by atoms with E-state index in [1.165, 1.54) is 6.08 Å². The quantitative estimate of drug-likeness (QED) is 0.0360. The lowest BCUT2D eigenvalue weighted by molar-refractivity contribution is -0.137. The minimum absolute atomic E-state index is 0.0200. The lowest BCUT2D eigenvalue weighted by Crippen LogP contribution is -2.41. The Morgan fingerprint density at radius 2 is 1.19 bits per heavy atom. The van der Waals surface area contributed by atoms with Crippen LogP contribution in [0.15, 0.2) is 104 Å². The fourth-order valence-corrected chi connectivity index (χ4v) is 13.6. The van der Waals surface area contributed by atoms with Crippen molar-refractivity contribution in [2.45, 2.75) is 97.6 Å². The molecule has 88 heavy (non-hydrogen) atoms. The molecular formula is C54H76N8O21S5. The standard InChI is InChI=1S/C54H76N8O21S5/c1-53(2)38-28-34(36-30-40(49(65)55-17-24-85(72,73)74)59-41(31-36)50(66)56-18-25-86(75,76)77)13-15-44(38)61(21-7-5-6-12-48(63)64)46(53)10-8-11-47-54(3,4)39-29-35(14-16-45(39)62(47)22-9-23-84(69,70)71)37-32-42(51(67)57-19-26-87(78,79)80)60-43(33-37)52(68)58-20-27-88(81,82)83/h8,10-11,13-16,30,32,34-36,43,47H,5-7,9,12,17-29,31,33H2,1-4H3,(H,55,65)(H,56,66)(H,57,67)(H,58,68)(H,63,64)(H,69,70,71)(H,72,73,74)(H,75,76,77)(H,78,79,80)(H,81,82,83). The zero-order valence-corrected chi connectivity index (χ0v) is 52.9. The molecule has 29 nitrogen and oxygen atoms in total. The third-order valence-corrected chi connectivity index (χ3v) is 19.7. The highest BCUT2D eigenvalue weighted by Crippen LogP contribution is 2.54. The van der Waals surface area contributed by atoms with Gasteiger partial charge in [0.1, 0.15) is 23.2 Å². The molecule has 5 atom stereocenters. The summed E-state index contributed by atoms with van der Waals surface area (Å²) in [5.41, 5.74) is 2.82. The van der Waals surface area contributed by atoms with Crippen molar-refractivity contribution in [2.24, 2.45) is 38.6 Å². The van der Waals surface area contributed by atoms with Gasteiger partial charge in [0.25, 0.3) is 68.3 Å². The third kappa shape index (κ3) is 20.1. The molecule has 0 spiro atoms. The number of nitrogens with one attached hydrogen (secondary N) is 4. The Balaban J connectivity index is 1.31. The monoisotopic (exact) mass is 1330 g/mol. The second-order valence-electron chi connectivity index (χ2n) is 23.2. The maximum absolute atomic E-state index is 13.5. The zero-order chi connectivity index (χ0) is 65.4. The Morgan fingerprint density at radius 3 is 1.78 bits per heavy atom. The number of carboxylic acid groups (broad SMARTS) is 1. The van der Waals surface area contributed by atoms with Crippen LogP contribution in [-0.2, 0) is 74.6 Å². The Kier molecular flexibility index (Phi) is 23.1. The van der Waals surface area contributed by atoms with Crippen LogP contribution in [0.25, 0.3) is 0 Å². The topological polar surface area (TPSA) is 457 Å². The van der Waals surface area contributed by atoms with E-state index in [1.807, 2.05) is 75.1 Å². The molecule has 488 valence electrons. The maximum atomic E-state index is 13.5. The average Bonchev–Trinajstić information content (AvgIpc) is 1.80. The van der Waals surface area contributed by atoms with Crippen molar-refractivity contribution in [3.8, 4) is 0 Å². The summed E-state index contributed by atoms with van der Waals surface area (Å²) in [6, 6.07) is -1.73. The molecule has 0 aromatic rings. The summed E-state index contributed by atoms with van der Waals surface area (Å²) >= 11 is 0. The van der Waals surface area contributed by atoms with Gasteiger partial charge in [0.05, 0.1) is 34.8 Å². The predicted octanol–water partition coefficient (Wildman–Crippen LogP) is 1.56. The number of unbranched alkanes of at least 4 members (excludes halogenated alkanes) is 2. The minimum Gasteiger partial charge on any atom is -0.481 e. The van der Waals surface area contributed by atoms with E-state index in [0.29, 0.717) is 44.2 Å². The van der Waals surface area contributed by atoms with Crippen molar-refractivity contribution >= 4 is 91.6 Å². The summed E-state index contributed by atoms with van der Waals surface area (Å²) in [5.74, 6) is -9.43. The normalized spacial score (nSPS) is 23.3. The molecule has 0 saturated heterocycles. The Morgan fingerprint density at radius 1 is 0.625 bits per heavy atom. The van der Waals surface area contributed by atoms with Gasteiger partial charge in [0, 0.05) is 92.4 Å². The van der Waals surface area contributed by atoms with E-state index in [0.717, 1.165) is 28.2 Å². The van der Waals surface area contributed by atoms with Gasteiger partial charge in [-0.25, -0.2) is 4.99 Å². The largest absolute Gasteiger partial charge is 0.481 e. The molecular weight excluding hydrogens is 1260 g/mol. The van der Waals surface area contributed by atoms with Crippen molar-refractivity contribution in [1.29, 1.82) is 0 Å². The van der Waals surface area contributed by atoms with Crippen molar-refractivity contribution in [3.05, 3.63) is 94.2 Å². The molecule has 0 fully saturated rings. The van der Waals surface area contributed by atoms with Gasteiger partial charge in [-0.15, -0.1) is 0 Å². The van der Waals surface area contributed by atoms with Crippen LogP contribution in [0.1, 0.15) is 85.5 Å². The number of aliphatic carboxylic acids is 1. The molecule has 0 saturated carbocycles. The van der Waals surface area contributed by atoms with Crippen molar-refractivity contribution < 1.29 is 93.9 Å². The second kappa shape index (κ2) is 28.7. The van der Waals surface area contributed by atoms with E-state index in [1.54, 1.807) is 6.08 Å². The van der Waals surface area contributed by atoms with Crippen molar-refractivity contribution in [2.75, 3.05) is 68.0 Å². The summed E-state index contributed by atoms with van der Waals surface area (Å²) in [5, 5.41) is 18.9. The first-order valence-electron chi connectivity index (χ1n) is 28.2. The number of hydrogen-bond acceptors (Lipinski definition) is 19. The molecule has 0 aromatic carbocycles. The highest BCUT2D eigenvalue weighted by molar-refractivity contribution is 7.86. The van der Waals surface area contributed by atoms with E-state index in [2.05, 4.69) is 36.2 Å². The fourth-order valence-electron chi connectivity index (χ4n) is 11.6. The number of dihydropyridines is 1. The number of amides is 4. The van der Waals surface area contributed by atoms with Crippen LogP contribution in [0.5, 0.6) is 0 Å². The highest BCUT2D eigenvalue weighted by Gasteiger charge is 2.48. The molecule has 0 aromatic heterocycles. The molecule has 4 heterocycles. The number of hydrogen-bond donors (Lipinski definition) is 10. The van der Waals surface area contributed by atoms with E-state index >= 15 is 0 Å². The smallest absolute Gasteiger partial charge is 0.303 e. The van der Waals surface area contributed by atoms with Gasteiger partial charge < -0.3 is 36.2 Å². The van der Waals surface area contributed by atoms with E-state index < -0.39 is 170 Å². The first-order chi connectivity index (χ1) is 40.7. The first kappa shape index (κ1) is 70.8. The second-order valence-corrected chi connectivity index (χ2v) is 31.0. The Bertz CT molecular complexity index is 3690. The van der Waals surface area contributed by atoms with Gasteiger partial charge in [-0.1, -0.05) is 64.0 Å². The molecule has 6 rings (SSSR count). The minimum atomic E-state index is -4.47. The van der Waals surface area contributed by atoms with Gasteiger partial charge in [-0.05, 0) is 85.5 Å². The molecule has 2 aliphatic carbocycles. The van der Waals surface area contributed by atoms with Crippen LogP contribution in [0, 0.1) is 28.6 Å². The molecule has 5 unspecified atom stereocenters. The molecule has 4 amide bonds. The number of carbonyl (C=O) groups is 5. The predicted molar refractivity (Wildman–Crippen MR) is 323 cm³/mol.